The number of hydrogen-bond acceptors (Lipinski definition) is 1. The highest BCUT2D eigenvalue weighted by molar-refractivity contribution is 5.30. The summed E-state index contributed by atoms with van der Waals surface area (Å²) >= 11 is 0. The Kier molecular flexibility index (Phi) is 2.69. The molecule has 0 fully saturated rings. The summed E-state index contributed by atoms with van der Waals surface area (Å²) in [7, 11) is 1.95. The molecule has 82 valence electrons. The second-order valence-corrected chi connectivity index (χ2v) is 5.56. The van der Waals surface area contributed by atoms with Gasteiger partial charge in [0.1, 0.15) is 0 Å². The molecule has 0 aliphatic carbocycles. The van der Waals surface area contributed by atoms with Gasteiger partial charge in [-0.05, 0) is 19.9 Å². The molecule has 0 N–H and O–H groups in total. The first-order chi connectivity index (χ1) is 6.68. The first-order valence-corrected chi connectivity index (χ1v) is 5.21. The van der Waals surface area contributed by atoms with E-state index in [0.29, 0.717) is 0 Å². The van der Waals surface area contributed by atoms with Crippen LogP contribution in [0.15, 0.2) is 6.07 Å². The van der Waals surface area contributed by atoms with Crippen LogP contribution in [0.3, 0.4) is 0 Å². The predicted octanol–water partition coefficient (Wildman–Crippen LogP) is 2.63. The summed E-state index contributed by atoms with van der Waals surface area (Å²) in [6.45, 7) is 10.5. The van der Waals surface area contributed by atoms with Crippen LogP contribution in [-0.2, 0) is 17.9 Å². The Balaban J connectivity index is 3.26. The molecule has 1 rings (SSSR count). The molecule has 15 heavy (non-hydrogen) atoms. The molecule has 0 bridgehead atoms. The van der Waals surface area contributed by atoms with Crippen molar-refractivity contribution in [3.05, 3.63) is 17.5 Å². The average molecular weight is 204 g/mol. The van der Waals surface area contributed by atoms with E-state index in [2.05, 4.69) is 37.9 Å². The minimum absolute atomic E-state index is 0.0701. The molecule has 0 saturated heterocycles. The van der Waals surface area contributed by atoms with Gasteiger partial charge in [0, 0.05) is 12.5 Å². The number of terminal acetylenes is 1. The topological polar surface area (TPSA) is 17.8 Å². The second kappa shape index (κ2) is 3.41. The van der Waals surface area contributed by atoms with E-state index in [-0.39, 0.29) is 10.8 Å². The van der Waals surface area contributed by atoms with E-state index in [1.54, 1.807) is 0 Å². The molecule has 0 aromatic carbocycles. The van der Waals surface area contributed by atoms with E-state index in [0.717, 1.165) is 11.4 Å². The summed E-state index contributed by atoms with van der Waals surface area (Å²) in [5.41, 5.74) is 1.99. The smallest absolute Gasteiger partial charge is 0.0681 e. The largest absolute Gasteiger partial charge is 0.271 e. The summed E-state index contributed by atoms with van der Waals surface area (Å²) in [4.78, 5) is 0. The Morgan fingerprint density at radius 3 is 2.13 bits per heavy atom. The third-order valence-corrected chi connectivity index (χ3v) is 2.65. The number of rotatable bonds is 1. The van der Waals surface area contributed by atoms with E-state index >= 15 is 0 Å². The van der Waals surface area contributed by atoms with Crippen LogP contribution in [-0.4, -0.2) is 9.78 Å². The van der Waals surface area contributed by atoms with Crippen molar-refractivity contribution in [2.24, 2.45) is 7.05 Å². The molecule has 0 saturated carbocycles. The Bertz CT molecular complexity index is 397. The van der Waals surface area contributed by atoms with Gasteiger partial charge in [0.25, 0.3) is 0 Å². The quantitative estimate of drug-likeness (QED) is 0.643. The second-order valence-electron chi connectivity index (χ2n) is 5.56. The van der Waals surface area contributed by atoms with Gasteiger partial charge in [-0.1, -0.05) is 26.7 Å². The van der Waals surface area contributed by atoms with Gasteiger partial charge in [0.05, 0.1) is 16.8 Å². The third-order valence-electron chi connectivity index (χ3n) is 2.65. The lowest BCUT2D eigenvalue weighted by Gasteiger charge is -2.17. The van der Waals surface area contributed by atoms with Gasteiger partial charge >= 0.3 is 0 Å². The Labute approximate surface area is 92.7 Å². The van der Waals surface area contributed by atoms with Crippen molar-refractivity contribution >= 4 is 0 Å². The molecule has 0 atom stereocenters. The highest BCUT2D eigenvalue weighted by Crippen LogP contribution is 2.27. The van der Waals surface area contributed by atoms with Crippen molar-refractivity contribution in [2.45, 2.75) is 45.4 Å². The fraction of sp³-hybridized carbons (Fsp3) is 0.615. The molecule has 2 nitrogen and oxygen atoms in total. The summed E-state index contributed by atoms with van der Waals surface area (Å²) in [5.74, 6) is 2.80. The molecule has 0 amide bonds. The number of aryl methyl sites for hydroxylation is 1. The van der Waals surface area contributed by atoms with Gasteiger partial charge in [-0.3, -0.25) is 4.68 Å². The minimum atomic E-state index is -0.259. The lowest BCUT2D eigenvalue weighted by atomic mass is 9.87. The van der Waals surface area contributed by atoms with E-state index < -0.39 is 0 Å². The zero-order valence-electron chi connectivity index (χ0n) is 10.5. The predicted molar refractivity (Wildman–Crippen MR) is 63.8 cm³/mol. The number of nitrogens with zero attached hydrogens (tertiary/aromatic N) is 2. The molecule has 1 aromatic heterocycles. The van der Waals surface area contributed by atoms with Gasteiger partial charge in [0.2, 0.25) is 0 Å². The van der Waals surface area contributed by atoms with Crippen molar-refractivity contribution in [2.75, 3.05) is 0 Å². The van der Waals surface area contributed by atoms with Crippen molar-refractivity contribution in [1.82, 2.24) is 9.78 Å². The monoisotopic (exact) mass is 204 g/mol. The van der Waals surface area contributed by atoms with Crippen LogP contribution in [0.5, 0.6) is 0 Å². The molecule has 2 heteroatoms. The fourth-order valence-corrected chi connectivity index (χ4v) is 1.49. The summed E-state index contributed by atoms with van der Waals surface area (Å²) in [5, 5.41) is 4.52. The van der Waals surface area contributed by atoms with Crippen LogP contribution in [0, 0.1) is 12.3 Å². The standard InChI is InChI=1S/C13H20N2/c1-8-13(5,6)11-9-10(12(2,3)4)14-15(11)7/h1,9H,2-7H3. The zero-order chi connectivity index (χ0) is 11.9. The van der Waals surface area contributed by atoms with Gasteiger partial charge in [-0.15, -0.1) is 6.42 Å². The maximum atomic E-state index is 5.53. The maximum absolute atomic E-state index is 5.53. The van der Waals surface area contributed by atoms with Gasteiger partial charge in [0.15, 0.2) is 0 Å². The summed E-state index contributed by atoms with van der Waals surface area (Å²) < 4.78 is 1.89. The lowest BCUT2D eigenvalue weighted by Crippen LogP contribution is -2.18. The van der Waals surface area contributed by atoms with Crippen molar-refractivity contribution < 1.29 is 0 Å². The van der Waals surface area contributed by atoms with Crippen LogP contribution in [0.25, 0.3) is 0 Å². The van der Waals surface area contributed by atoms with Crippen molar-refractivity contribution in [1.29, 1.82) is 0 Å². The highest BCUT2D eigenvalue weighted by atomic mass is 15.3. The van der Waals surface area contributed by atoms with Crippen LogP contribution in [0.2, 0.25) is 0 Å². The molecule has 0 spiro atoms. The molecule has 0 radical (unpaired) electrons. The first kappa shape index (κ1) is 11.8. The lowest BCUT2D eigenvalue weighted by molar-refractivity contribution is 0.543. The number of hydrogen-bond donors (Lipinski definition) is 0. The van der Waals surface area contributed by atoms with Gasteiger partial charge in [-0.2, -0.15) is 5.10 Å². The SMILES string of the molecule is C#CC(C)(C)c1cc(C(C)(C)C)nn1C. The van der Waals surface area contributed by atoms with Crippen LogP contribution in [0.1, 0.15) is 46.0 Å². The van der Waals surface area contributed by atoms with E-state index in [1.807, 2.05) is 25.6 Å². The first-order valence-electron chi connectivity index (χ1n) is 5.21. The Morgan fingerprint density at radius 2 is 1.80 bits per heavy atom. The van der Waals surface area contributed by atoms with E-state index in [9.17, 15) is 0 Å². The van der Waals surface area contributed by atoms with Crippen molar-refractivity contribution in [3.8, 4) is 12.3 Å². The Hall–Kier alpha value is -1.23. The molecular formula is C13H20N2. The summed E-state index contributed by atoms with van der Waals surface area (Å²) in [6, 6.07) is 2.11. The van der Waals surface area contributed by atoms with Gasteiger partial charge < -0.3 is 0 Å². The Morgan fingerprint density at radius 1 is 1.27 bits per heavy atom. The van der Waals surface area contributed by atoms with Crippen LogP contribution >= 0.6 is 0 Å². The fourth-order valence-electron chi connectivity index (χ4n) is 1.49. The normalized spacial score (nSPS) is 12.6. The molecule has 0 unspecified atom stereocenters. The van der Waals surface area contributed by atoms with Crippen molar-refractivity contribution in [3.63, 3.8) is 0 Å². The minimum Gasteiger partial charge on any atom is -0.271 e. The molecule has 1 aromatic rings. The van der Waals surface area contributed by atoms with E-state index in [4.69, 9.17) is 6.42 Å². The summed E-state index contributed by atoms with van der Waals surface area (Å²) in [6.07, 6.45) is 5.53. The molecule has 0 aliphatic heterocycles. The maximum Gasteiger partial charge on any atom is 0.0681 e. The van der Waals surface area contributed by atoms with E-state index in [1.165, 1.54) is 0 Å². The highest BCUT2D eigenvalue weighted by Gasteiger charge is 2.26. The average Bonchev–Trinajstić information content (AvgIpc) is 2.47. The molecular weight excluding hydrogens is 184 g/mol. The molecule has 0 aliphatic rings. The van der Waals surface area contributed by atoms with Gasteiger partial charge in [-0.25, -0.2) is 0 Å². The number of aromatic nitrogens is 2. The van der Waals surface area contributed by atoms with Crippen LogP contribution < -0.4 is 0 Å². The zero-order valence-corrected chi connectivity index (χ0v) is 10.5. The third kappa shape index (κ3) is 2.23. The molecule has 1 heterocycles. The van der Waals surface area contributed by atoms with Crippen LogP contribution in [0.4, 0.5) is 0 Å².